The van der Waals surface area contributed by atoms with Gasteiger partial charge >= 0.3 is 0 Å². The highest BCUT2D eigenvalue weighted by molar-refractivity contribution is 7.89. The molecule has 162 valence electrons. The Labute approximate surface area is 174 Å². The predicted molar refractivity (Wildman–Crippen MR) is 113 cm³/mol. The first-order chi connectivity index (χ1) is 13.9. The molecule has 0 spiro atoms. The van der Waals surface area contributed by atoms with Gasteiger partial charge in [-0.2, -0.15) is 4.31 Å². The molecule has 1 aliphatic carbocycles. The lowest BCUT2D eigenvalue weighted by atomic mass is 9.87. The molecule has 1 fully saturated rings. The van der Waals surface area contributed by atoms with E-state index in [-0.39, 0.29) is 29.8 Å². The van der Waals surface area contributed by atoms with E-state index in [0.29, 0.717) is 25.4 Å². The monoisotopic (exact) mass is 423 g/mol. The minimum Gasteiger partial charge on any atom is -0.350 e. The van der Waals surface area contributed by atoms with E-state index in [2.05, 4.69) is 10.6 Å². The van der Waals surface area contributed by atoms with Crippen LogP contribution in [0.25, 0.3) is 0 Å². The summed E-state index contributed by atoms with van der Waals surface area (Å²) in [5, 5.41) is 5.43. The van der Waals surface area contributed by atoms with Gasteiger partial charge in [0.15, 0.2) is 0 Å². The molecule has 0 unspecified atom stereocenters. The second-order valence-electron chi connectivity index (χ2n) is 7.49. The Hall–Kier alpha value is -1.93. The third-order valence-corrected chi connectivity index (χ3v) is 7.47. The van der Waals surface area contributed by atoms with Crippen LogP contribution in [0.15, 0.2) is 29.2 Å². The molecule has 7 nitrogen and oxygen atoms in total. The largest absolute Gasteiger partial charge is 0.350 e. The van der Waals surface area contributed by atoms with Gasteiger partial charge < -0.3 is 10.6 Å². The lowest BCUT2D eigenvalue weighted by Gasteiger charge is -2.20. The highest BCUT2D eigenvalue weighted by atomic mass is 32.2. The lowest BCUT2D eigenvalue weighted by molar-refractivity contribution is -0.126. The number of carbonyl (C=O) groups is 2. The smallest absolute Gasteiger partial charge is 0.243 e. The summed E-state index contributed by atoms with van der Waals surface area (Å²) < 4.78 is 26.4. The fraction of sp³-hybridized carbons (Fsp3) is 0.619. The molecule has 8 heteroatoms. The average molecular weight is 424 g/mol. The minimum absolute atomic E-state index is 0.0417. The van der Waals surface area contributed by atoms with Gasteiger partial charge in [-0.05, 0) is 36.5 Å². The van der Waals surface area contributed by atoms with Crippen LogP contribution in [-0.2, 0) is 26.2 Å². The molecular formula is C21H33N3O4S. The fourth-order valence-electron chi connectivity index (χ4n) is 3.66. The molecule has 0 bridgehead atoms. The second kappa shape index (κ2) is 11.3. The molecule has 0 saturated heterocycles. The van der Waals surface area contributed by atoms with Gasteiger partial charge in [-0.15, -0.1) is 0 Å². The summed E-state index contributed by atoms with van der Waals surface area (Å²) in [5.41, 5.74) is 0.797. The van der Waals surface area contributed by atoms with Gasteiger partial charge in [0, 0.05) is 26.1 Å². The first-order valence-corrected chi connectivity index (χ1v) is 11.9. The van der Waals surface area contributed by atoms with E-state index in [1.54, 1.807) is 38.1 Å². The fourth-order valence-corrected chi connectivity index (χ4v) is 5.12. The van der Waals surface area contributed by atoms with Gasteiger partial charge in [0.1, 0.15) is 0 Å². The van der Waals surface area contributed by atoms with Gasteiger partial charge in [0.05, 0.1) is 11.4 Å². The van der Waals surface area contributed by atoms with Gasteiger partial charge in [0.2, 0.25) is 21.8 Å². The van der Waals surface area contributed by atoms with Crippen LogP contribution >= 0.6 is 0 Å². The normalized spacial score (nSPS) is 15.3. The maximum Gasteiger partial charge on any atom is 0.243 e. The molecule has 1 aliphatic rings. The Morgan fingerprint density at radius 3 is 2.17 bits per heavy atom. The molecule has 0 heterocycles. The first kappa shape index (κ1) is 23.3. The second-order valence-corrected chi connectivity index (χ2v) is 9.43. The minimum atomic E-state index is -3.48. The van der Waals surface area contributed by atoms with E-state index >= 15 is 0 Å². The summed E-state index contributed by atoms with van der Waals surface area (Å²) in [5.74, 6) is 0.109. The number of nitrogens with zero attached hydrogens (tertiary/aromatic N) is 1. The maximum absolute atomic E-state index is 12.5. The summed E-state index contributed by atoms with van der Waals surface area (Å²) in [6.07, 6.45) is 6.32. The third-order valence-electron chi connectivity index (χ3n) is 5.40. The van der Waals surface area contributed by atoms with Crippen molar-refractivity contribution in [2.45, 2.75) is 63.8 Å². The standard InChI is InChI=1S/C21H33N3O4S/c1-3-24(4-2)29(27,28)19-12-10-18(11-13-19)15-22-21(26)16-23-20(25)14-17-8-6-5-7-9-17/h10-13,17H,3-9,14-16H2,1-2H3,(H,22,26)(H,23,25). The number of hydrogen-bond donors (Lipinski definition) is 2. The average Bonchev–Trinajstić information content (AvgIpc) is 2.72. The summed E-state index contributed by atoms with van der Waals surface area (Å²) in [7, 11) is -3.48. The Morgan fingerprint density at radius 1 is 0.966 bits per heavy atom. The van der Waals surface area contributed by atoms with Crippen molar-refractivity contribution < 1.29 is 18.0 Å². The Morgan fingerprint density at radius 2 is 1.59 bits per heavy atom. The van der Waals surface area contributed by atoms with Gasteiger partial charge in [-0.25, -0.2) is 8.42 Å². The summed E-state index contributed by atoms with van der Waals surface area (Å²) in [6.45, 7) is 4.69. The molecule has 2 amide bonds. The maximum atomic E-state index is 12.5. The van der Waals surface area contributed by atoms with Crippen molar-refractivity contribution in [2.24, 2.45) is 5.92 Å². The molecule has 0 radical (unpaired) electrons. The number of hydrogen-bond acceptors (Lipinski definition) is 4. The quantitative estimate of drug-likeness (QED) is 0.604. The van der Waals surface area contributed by atoms with Gasteiger partial charge in [-0.3, -0.25) is 9.59 Å². The summed E-state index contributed by atoms with van der Waals surface area (Å²) in [6, 6.07) is 6.50. The highest BCUT2D eigenvalue weighted by Crippen LogP contribution is 2.26. The molecule has 0 atom stereocenters. The van der Waals surface area contributed by atoms with E-state index in [0.717, 1.165) is 18.4 Å². The van der Waals surface area contributed by atoms with E-state index in [4.69, 9.17) is 0 Å². The topological polar surface area (TPSA) is 95.6 Å². The molecule has 29 heavy (non-hydrogen) atoms. The number of sulfonamides is 1. The van der Waals surface area contributed by atoms with Crippen LogP contribution in [0.1, 0.15) is 57.9 Å². The van der Waals surface area contributed by atoms with E-state index in [9.17, 15) is 18.0 Å². The number of rotatable bonds is 10. The SMILES string of the molecule is CCN(CC)S(=O)(=O)c1ccc(CNC(=O)CNC(=O)CC2CCCCC2)cc1. The lowest BCUT2D eigenvalue weighted by Crippen LogP contribution is -2.37. The van der Waals surface area contributed by atoms with Crippen molar-refractivity contribution in [3.05, 3.63) is 29.8 Å². The molecule has 2 N–H and O–H groups in total. The van der Waals surface area contributed by atoms with Crippen molar-refractivity contribution in [3.8, 4) is 0 Å². The molecule has 1 saturated carbocycles. The number of carbonyl (C=O) groups excluding carboxylic acids is 2. The zero-order valence-corrected chi connectivity index (χ0v) is 18.3. The van der Waals surface area contributed by atoms with Crippen LogP contribution in [0, 0.1) is 5.92 Å². The Kier molecular flexibility index (Phi) is 9.10. The van der Waals surface area contributed by atoms with Crippen LogP contribution < -0.4 is 10.6 Å². The van der Waals surface area contributed by atoms with E-state index in [1.165, 1.54) is 23.6 Å². The van der Waals surface area contributed by atoms with Crippen molar-refractivity contribution in [2.75, 3.05) is 19.6 Å². The first-order valence-electron chi connectivity index (χ1n) is 10.5. The van der Waals surface area contributed by atoms with Gasteiger partial charge in [-0.1, -0.05) is 45.2 Å². The van der Waals surface area contributed by atoms with E-state index in [1.807, 2.05) is 0 Å². The molecule has 2 rings (SSSR count). The zero-order valence-electron chi connectivity index (χ0n) is 17.4. The molecular weight excluding hydrogens is 390 g/mol. The van der Waals surface area contributed by atoms with Crippen molar-refractivity contribution >= 4 is 21.8 Å². The molecule has 1 aromatic carbocycles. The molecule has 1 aromatic rings. The predicted octanol–water partition coefficient (Wildman–Crippen LogP) is 2.42. The van der Waals surface area contributed by atoms with Crippen LogP contribution in [0.2, 0.25) is 0 Å². The highest BCUT2D eigenvalue weighted by Gasteiger charge is 2.21. The van der Waals surface area contributed by atoms with Crippen LogP contribution in [-0.4, -0.2) is 44.2 Å². The number of nitrogens with one attached hydrogen (secondary N) is 2. The molecule has 0 aliphatic heterocycles. The number of amides is 2. The van der Waals surface area contributed by atoms with Crippen molar-refractivity contribution in [1.82, 2.24) is 14.9 Å². The van der Waals surface area contributed by atoms with Crippen LogP contribution in [0.5, 0.6) is 0 Å². The third kappa shape index (κ3) is 7.12. The zero-order chi connectivity index (χ0) is 21.3. The molecule has 0 aromatic heterocycles. The summed E-state index contributed by atoms with van der Waals surface area (Å²) >= 11 is 0. The summed E-state index contributed by atoms with van der Waals surface area (Å²) in [4.78, 5) is 24.2. The van der Waals surface area contributed by atoms with Crippen LogP contribution in [0.3, 0.4) is 0 Å². The van der Waals surface area contributed by atoms with Crippen molar-refractivity contribution in [1.29, 1.82) is 0 Å². The van der Waals surface area contributed by atoms with Crippen molar-refractivity contribution in [3.63, 3.8) is 0 Å². The van der Waals surface area contributed by atoms with E-state index < -0.39 is 10.0 Å². The van der Waals surface area contributed by atoms with Gasteiger partial charge in [0.25, 0.3) is 0 Å². The number of benzene rings is 1. The Bertz CT molecular complexity index is 768. The Balaban J connectivity index is 1.76. The van der Waals surface area contributed by atoms with Crippen LogP contribution in [0.4, 0.5) is 0 Å².